The Morgan fingerprint density at radius 3 is 2.90 bits per heavy atom. The minimum absolute atomic E-state index is 0.0280. The second-order valence-corrected chi connectivity index (χ2v) is 6.26. The van der Waals surface area contributed by atoms with E-state index in [9.17, 15) is 9.90 Å². The lowest BCUT2D eigenvalue weighted by Crippen LogP contribution is -2.54. The van der Waals surface area contributed by atoms with Crippen molar-refractivity contribution in [3.8, 4) is 0 Å². The molecule has 1 atom stereocenters. The van der Waals surface area contributed by atoms with Crippen LogP contribution in [0.3, 0.4) is 0 Å². The van der Waals surface area contributed by atoms with Gasteiger partial charge in [-0.05, 0) is 26.3 Å². The number of nitrogens with zero attached hydrogens (tertiary/aromatic N) is 2. The van der Waals surface area contributed by atoms with E-state index in [0.717, 1.165) is 26.1 Å². The first kappa shape index (κ1) is 16.0. The second-order valence-electron chi connectivity index (χ2n) is 6.26. The summed E-state index contributed by atoms with van der Waals surface area (Å²) in [6.45, 7) is 7.17. The van der Waals surface area contributed by atoms with E-state index in [1.807, 2.05) is 13.8 Å². The summed E-state index contributed by atoms with van der Waals surface area (Å²) in [4.78, 5) is 14.0. The molecule has 1 aromatic rings. The molecule has 1 aliphatic heterocycles. The maximum Gasteiger partial charge on any atom is 0.250 e. The molecule has 3 N–H and O–H groups in total. The molecule has 1 saturated heterocycles. The van der Waals surface area contributed by atoms with Crippen LogP contribution in [0.25, 0.3) is 0 Å². The quantitative estimate of drug-likeness (QED) is 0.816. The molecule has 0 saturated carbocycles. The largest absolute Gasteiger partial charge is 0.398 e. The molecule has 2 heterocycles. The van der Waals surface area contributed by atoms with E-state index < -0.39 is 0 Å². The highest BCUT2D eigenvalue weighted by Gasteiger charge is 2.32. The van der Waals surface area contributed by atoms with Crippen LogP contribution in [0.2, 0.25) is 0 Å². The summed E-state index contributed by atoms with van der Waals surface area (Å²) < 4.78 is 7.43. The highest BCUT2D eigenvalue weighted by molar-refractivity contribution is 5.33. The number of hydrogen-bond donors (Lipinski definition) is 2. The van der Waals surface area contributed by atoms with Crippen LogP contribution < -0.4 is 11.3 Å². The average molecular weight is 295 g/mol. The van der Waals surface area contributed by atoms with Gasteiger partial charge in [-0.15, -0.1) is 0 Å². The van der Waals surface area contributed by atoms with Crippen molar-refractivity contribution in [2.45, 2.75) is 38.5 Å². The molecule has 0 aromatic carbocycles. The van der Waals surface area contributed by atoms with Gasteiger partial charge < -0.3 is 20.1 Å². The first-order valence-electron chi connectivity index (χ1n) is 7.36. The minimum atomic E-state index is -0.250. The number of rotatable bonds is 5. The molecule has 1 fully saturated rings. The van der Waals surface area contributed by atoms with E-state index in [0.29, 0.717) is 12.2 Å². The van der Waals surface area contributed by atoms with Gasteiger partial charge in [0.2, 0.25) is 0 Å². The third-order valence-corrected chi connectivity index (χ3v) is 3.64. The van der Waals surface area contributed by atoms with Gasteiger partial charge in [-0.3, -0.25) is 9.69 Å². The van der Waals surface area contributed by atoms with Crippen LogP contribution in [-0.2, 0) is 11.3 Å². The number of hydrogen-bond acceptors (Lipinski definition) is 5. The van der Waals surface area contributed by atoms with E-state index in [-0.39, 0.29) is 23.9 Å². The molecule has 6 nitrogen and oxygen atoms in total. The van der Waals surface area contributed by atoms with E-state index in [1.54, 1.807) is 16.8 Å². The number of aliphatic hydroxyl groups excluding tert-OH is 1. The number of anilines is 1. The number of morpholine rings is 1. The Labute approximate surface area is 125 Å². The van der Waals surface area contributed by atoms with E-state index in [4.69, 9.17) is 10.5 Å². The third kappa shape index (κ3) is 4.56. The van der Waals surface area contributed by atoms with E-state index in [1.165, 1.54) is 6.07 Å². The first-order chi connectivity index (χ1) is 9.89. The van der Waals surface area contributed by atoms with Crippen molar-refractivity contribution < 1.29 is 9.84 Å². The summed E-state index contributed by atoms with van der Waals surface area (Å²) in [7, 11) is 0. The highest BCUT2D eigenvalue weighted by Crippen LogP contribution is 2.20. The van der Waals surface area contributed by atoms with Gasteiger partial charge in [0, 0.05) is 44.1 Å². The summed E-state index contributed by atoms with van der Waals surface area (Å²) in [5, 5.41) is 9.30. The Hall–Kier alpha value is -1.37. The molecule has 1 aromatic heterocycles. The Bertz CT molecular complexity index is 527. The zero-order valence-electron chi connectivity index (χ0n) is 12.8. The molecular weight excluding hydrogens is 270 g/mol. The maximum atomic E-state index is 11.7. The Balaban J connectivity index is 1.88. The van der Waals surface area contributed by atoms with Crippen LogP contribution in [0, 0.1) is 0 Å². The van der Waals surface area contributed by atoms with Crippen LogP contribution in [0.5, 0.6) is 0 Å². The number of nitrogen functional groups attached to an aromatic ring is 1. The summed E-state index contributed by atoms with van der Waals surface area (Å²) in [6.07, 6.45) is 2.41. The van der Waals surface area contributed by atoms with Gasteiger partial charge >= 0.3 is 0 Å². The topological polar surface area (TPSA) is 80.7 Å². The summed E-state index contributed by atoms with van der Waals surface area (Å²) in [6, 6.07) is 3.12. The lowest BCUT2D eigenvalue weighted by Gasteiger charge is -2.42. The Morgan fingerprint density at radius 2 is 2.19 bits per heavy atom. The molecular formula is C15H25N3O3. The van der Waals surface area contributed by atoms with Crippen LogP contribution >= 0.6 is 0 Å². The molecule has 2 rings (SSSR count). The predicted molar refractivity (Wildman–Crippen MR) is 82.2 cm³/mol. The predicted octanol–water partition coefficient (Wildman–Crippen LogP) is 0.292. The molecule has 0 radical (unpaired) electrons. The van der Waals surface area contributed by atoms with Crippen molar-refractivity contribution in [1.29, 1.82) is 0 Å². The molecule has 1 unspecified atom stereocenters. The smallest absolute Gasteiger partial charge is 0.250 e. The second kappa shape index (κ2) is 6.60. The maximum absolute atomic E-state index is 11.7. The monoisotopic (exact) mass is 295 g/mol. The zero-order chi connectivity index (χ0) is 15.5. The minimum Gasteiger partial charge on any atom is -0.398 e. The van der Waals surface area contributed by atoms with Crippen molar-refractivity contribution in [1.82, 2.24) is 9.47 Å². The van der Waals surface area contributed by atoms with Gasteiger partial charge in [-0.1, -0.05) is 0 Å². The SMILES string of the molecule is CC1(C)CN(CCCn2cc(N)ccc2=O)CC(CO)O1. The van der Waals surface area contributed by atoms with E-state index >= 15 is 0 Å². The van der Waals surface area contributed by atoms with Crippen LogP contribution in [0.4, 0.5) is 5.69 Å². The van der Waals surface area contributed by atoms with Crippen molar-refractivity contribution in [2.24, 2.45) is 0 Å². The van der Waals surface area contributed by atoms with Crippen molar-refractivity contribution in [3.63, 3.8) is 0 Å². The number of aryl methyl sites for hydroxylation is 1. The van der Waals surface area contributed by atoms with Crippen molar-refractivity contribution in [2.75, 3.05) is 32.0 Å². The van der Waals surface area contributed by atoms with Gasteiger partial charge in [-0.25, -0.2) is 0 Å². The lowest BCUT2D eigenvalue weighted by molar-refractivity contribution is -0.148. The molecule has 1 aliphatic rings. The molecule has 0 amide bonds. The van der Waals surface area contributed by atoms with Gasteiger partial charge in [0.15, 0.2) is 0 Å². The van der Waals surface area contributed by atoms with Crippen LogP contribution in [0.15, 0.2) is 23.1 Å². The molecule has 118 valence electrons. The van der Waals surface area contributed by atoms with Crippen molar-refractivity contribution >= 4 is 5.69 Å². The number of aromatic nitrogens is 1. The first-order valence-corrected chi connectivity index (χ1v) is 7.36. The van der Waals surface area contributed by atoms with Gasteiger partial charge in [0.1, 0.15) is 0 Å². The molecule has 0 aliphatic carbocycles. The normalized spacial score (nSPS) is 22.3. The fourth-order valence-corrected chi connectivity index (χ4v) is 2.87. The number of nitrogens with two attached hydrogens (primary N) is 1. The fourth-order valence-electron chi connectivity index (χ4n) is 2.87. The molecule has 21 heavy (non-hydrogen) atoms. The Morgan fingerprint density at radius 1 is 1.43 bits per heavy atom. The van der Waals surface area contributed by atoms with Crippen molar-refractivity contribution in [3.05, 3.63) is 28.7 Å². The highest BCUT2D eigenvalue weighted by atomic mass is 16.5. The molecule has 6 heteroatoms. The lowest BCUT2D eigenvalue weighted by atomic mass is 10.1. The summed E-state index contributed by atoms with van der Waals surface area (Å²) in [5.41, 5.74) is 6.02. The third-order valence-electron chi connectivity index (χ3n) is 3.64. The Kier molecular flexibility index (Phi) is 5.03. The standard InChI is InChI=1S/C15H25N3O3/c1-15(2)11-17(9-13(10-19)21-15)6-3-7-18-8-12(16)4-5-14(18)20/h4-5,8,13,19H,3,6-7,9-11,16H2,1-2H3. The number of aliphatic hydroxyl groups is 1. The van der Waals surface area contributed by atoms with E-state index in [2.05, 4.69) is 4.90 Å². The molecule has 0 spiro atoms. The van der Waals surface area contributed by atoms with Gasteiger partial charge in [0.05, 0.1) is 18.3 Å². The fraction of sp³-hybridized carbons (Fsp3) is 0.667. The van der Waals surface area contributed by atoms with Gasteiger partial charge in [-0.2, -0.15) is 0 Å². The number of ether oxygens (including phenoxy) is 1. The number of pyridine rings is 1. The van der Waals surface area contributed by atoms with Gasteiger partial charge in [0.25, 0.3) is 5.56 Å². The van der Waals surface area contributed by atoms with Crippen LogP contribution in [-0.4, -0.2) is 52.5 Å². The average Bonchev–Trinajstić information content (AvgIpc) is 2.41. The zero-order valence-corrected chi connectivity index (χ0v) is 12.8. The summed E-state index contributed by atoms with van der Waals surface area (Å²) in [5.74, 6) is 0. The molecule has 0 bridgehead atoms. The van der Waals surface area contributed by atoms with Crippen LogP contribution in [0.1, 0.15) is 20.3 Å². The summed E-state index contributed by atoms with van der Waals surface area (Å²) >= 11 is 0.